The van der Waals surface area contributed by atoms with E-state index in [1.165, 1.54) is 26.7 Å². The summed E-state index contributed by atoms with van der Waals surface area (Å²) < 4.78 is 1.29. The fourth-order valence-electron chi connectivity index (χ4n) is 3.07. The van der Waals surface area contributed by atoms with Crippen LogP contribution >= 0.6 is 15.9 Å². The Labute approximate surface area is 169 Å². The van der Waals surface area contributed by atoms with Gasteiger partial charge in [0.2, 0.25) is 0 Å². The summed E-state index contributed by atoms with van der Waals surface area (Å²) in [5, 5.41) is 0. The van der Waals surface area contributed by atoms with Gasteiger partial charge >= 0.3 is 0 Å². The van der Waals surface area contributed by atoms with E-state index in [0.29, 0.717) is 23.7 Å². The molecule has 144 valence electrons. The van der Waals surface area contributed by atoms with Gasteiger partial charge in [0.25, 0.3) is 0 Å². The van der Waals surface area contributed by atoms with Crippen LogP contribution in [0.5, 0.6) is 0 Å². The molecule has 0 radical (unpaired) electrons. The molecule has 0 aliphatic heterocycles. The summed E-state index contributed by atoms with van der Waals surface area (Å²) in [4.78, 5) is 0. The maximum absolute atomic E-state index is 6.09. The molecule has 1 nitrogen and oxygen atoms in total. The topological polar surface area (TPSA) is 26.0 Å². The van der Waals surface area contributed by atoms with Gasteiger partial charge in [-0.25, -0.2) is 0 Å². The monoisotopic (exact) mass is 417 g/mol. The van der Waals surface area contributed by atoms with Crippen LogP contribution in [0.15, 0.2) is 40.9 Å². The summed E-state index contributed by atoms with van der Waals surface area (Å²) in [7, 11) is 0. The van der Waals surface area contributed by atoms with Crippen LogP contribution in [-0.4, -0.2) is 0 Å². The second kappa shape index (κ2) is 10.2. The van der Waals surface area contributed by atoms with Gasteiger partial charge in [-0.2, -0.15) is 0 Å². The van der Waals surface area contributed by atoms with E-state index in [2.05, 4.69) is 108 Å². The van der Waals surface area contributed by atoms with Crippen LogP contribution < -0.4 is 5.73 Å². The number of benzene rings is 2. The van der Waals surface area contributed by atoms with Crippen molar-refractivity contribution < 1.29 is 0 Å². The van der Waals surface area contributed by atoms with Gasteiger partial charge in [-0.05, 0) is 45.9 Å². The first-order valence-corrected chi connectivity index (χ1v) is 10.5. The largest absolute Gasteiger partial charge is 0.398 e. The lowest BCUT2D eigenvalue weighted by Crippen LogP contribution is -2.02. The Morgan fingerprint density at radius 2 is 0.846 bits per heavy atom. The number of hydrogen-bond acceptors (Lipinski definition) is 1. The van der Waals surface area contributed by atoms with Gasteiger partial charge < -0.3 is 5.73 Å². The molecular weight excluding hydrogens is 382 g/mol. The predicted octanol–water partition coefficient (Wildman–Crippen LogP) is 8.21. The van der Waals surface area contributed by atoms with Gasteiger partial charge in [-0.3, -0.25) is 0 Å². The molecule has 0 saturated heterocycles. The standard InChI is InChI=1S/C12H17Br.C12H19N/c2*1-8(2)10-6-5-7-11(9(3)4)12(10)13/h5-9H,1-4H3;5-9H,13H2,1-4H3. The van der Waals surface area contributed by atoms with Gasteiger partial charge in [-0.1, -0.05) is 108 Å². The van der Waals surface area contributed by atoms with E-state index < -0.39 is 0 Å². The molecule has 0 aliphatic rings. The van der Waals surface area contributed by atoms with E-state index in [0.717, 1.165) is 5.69 Å². The van der Waals surface area contributed by atoms with E-state index in [4.69, 9.17) is 5.73 Å². The van der Waals surface area contributed by atoms with Crippen LogP contribution in [0.3, 0.4) is 0 Å². The van der Waals surface area contributed by atoms with Gasteiger partial charge in [0.05, 0.1) is 0 Å². The fourth-order valence-corrected chi connectivity index (χ4v) is 4.25. The summed E-state index contributed by atoms with van der Waals surface area (Å²) in [6.45, 7) is 17.6. The molecule has 2 rings (SSSR count). The van der Waals surface area contributed by atoms with E-state index in [1.54, 1.807) is 0 Å². The molecule has 0 aliphatic carbocycles. The van der Waals surface area contributed by atoms with E-state index in [1.807, 2.05) is 0 Å². The molecule has 2 aromatic rings. The number of hydrogen-bond donors (Lipinski definition) is 1. The molecule has 26 heavy (non-hydrogen) atoms. The molecule has 0 spiro atoms. The lowest BCUT2D eigenvalue weighted by atomic mass is 9.93. The fraction of sp³-hybridized carbons (Fsp3) is 0.500. The summed E-state index contributed by atoms with van der Waals surface area (Å²) in [6, 6.07) is 12.9. The third kappa shape index (κ3) is 5.87. The van der Waals surface area contributed by atoms with Crippen molar-refractivity contribution >= 4 is 21.6 Å². The highest BCUT2D eigenvalue weighted by molar-refractivity contribution is 9.10. The van der Waals surface area contributed by atoms with Crippen molar-refractivity contribution in [1.29, 1.82) is 0 Å². The third-order valence-corrected chi connectivity index (χ3v) is 5.64. The molecule has 0 aromatic heterocycles. The molecule has 2 aromatic carbocycles. The second-order valence-electron chi connectivity index (χ2n) is 8.22. The van der Waals surface area contributed by atoms with E-state index in [-0.39, 0.29) is 0 Å². The molecule has 0 fully saturated rings. The molecule has 2 N–H and O–H groups in total. The smallest absolute Gasteiger partial charge is 0.0384 e. The molecule has 0 amide bonds. The van der Waals surface area contributed by atoms with Crippen LogP contribution in [0.2, 0.25) is 0 Å². The quantitative estimate of drug-likeness (QED) is 0.497. The number of nitrogen functional groups attached to an aromatic ring is 1. The summed E-state index contributed by atoms with van der Waals surface area (Å²) in [5.74, 6) is 2.21. The van der Waals surface area contributed by atoms with Crippen molar-refractivity contribution in [1.82, 2.24) is 0 Å². The highest BCUT2D eigenvalue weighted by Gasteiger charge is 2.11. The lowest BCUT2D eigenvalue weighted by molar-refractivity contribution is 0.824. The first kappa shape index (κ1) is 22.8. The second-order valence-corrected chi connectivity index (χ2v) is 9.01. The van der Waals surface area contributed by atoms with Crippen molar-refractivity contribution in [2.75, 3.05) is 5.73 Å². The maximum atomic E-state index is 6.09. The Morgan fingerprint density at radius 3 is 1.12 bits per heavy atom. The van der Waals surface area contributed by atoms with E-state index in [9.17, 15) is 0 Å². The zero-order valence-corrected chi connectivity index (χ0v) is 19.3. The summed E-state index contributed by atoms with van der Waals surface area (Å²) >= 11 is 3.68. The number of anilines is 1. The number of halogens is 1. The van der Waals surface area contributed by atoms with Crippen LogP contribution in [-0.2, 0) is 0 Å². The maximum Gasteiger partial charge on any atom is 0.0384 e. The highest BCUT2D eigenvalue weighted by Crippen LogP contribution is 2.32. The summed E-state index contributed by atoms with van der Waals surface area (Å²) in [6.07, 6.45) is 0. The number of rotatable bonds is 4. The SMILES string of the molecule is CC(C)c1cccc(C(C)C)c1Br.CC(C)c1cccc(C(C)C)c1N. The Hall–Kier alpha value is -1.28. The van der Waals surface area contributed by atoms with Crippen LogP contribution in [0.4, 0.5) is 5.69 Å². The summed E-state index contributed by atoms with van der Waals surface area (Å²) in [5.41, 5.74) is 12.4. The van der Waals surface area contributed by atoms with Crippen molar-refractivity contribution in [3.63, 3.8) is 0 Å². The third-order valence-electron chi connectivity index (χ3n) is 4.72. The Morgan fingerprint density at radius 1 is 0.577 bits per heavy atom. The average molecular weight is 418 g/mol. The van der Waals surface area contributed by atoms with Gasteiger partial charge in [0.15, 0.2) is 0 Å². The van der Waals surface area contributed by atoms with Crippen molar-refractivity contribution in [2.24, 2.45) is 0 Å². The van der Waals surface area contributed by atoms with Crippen LogP contribution in [0.25, 0.3) is 0 Å². The minimum atomic E-state index is 0.513. The average Bonchev–Trinajstić information content (AvgIpc) is 2.54. The predicted molar refractivity (Wildman–Crippen MR) is 121 cm³/mol. The normalized spacial score (nSPS) is 11.3. The minimum Gasteiger partial charge on any atom is -0.398 e. The number of para-hydroxylation sites is 1. The Bertz CT molecular complexity index is 585. The molecule has 0 heterocycles. The molecule has 0 atom stereocenters. The van der Waals surface area contributed by atoms with E-state index >= 15 is 0 Å². The van der Waals surface area contributed by atoms with Crippen LogP contribution in [0, 0.1) is 0 Å². The Kier molecular flexibility index (Phi) is 8.89. The highest BCUT2D eigenvalue weighted by atomic mass is 79.9. The molecular formula is C24H36BrN. The lowest BCUT2D eigenvalue weighted by Gasteiger charge is -2.15. The zero-order valence-electron chi connectivity index (χ0n) is 17.7. The zero-order chi connectivity index (χ0) is 20.0. The van der Waals surface area contributed by atoms with Crippen molar-refractivity contribution in [3.8, 4) is 0 Å². The molecule has 0 saturated carbocycles. The van der Waals surface area contributed by atoms with Crippen molar-refractivity contribution in [2.45, 2.75) is 79.1 Å². The molecule has 2 heteroatoms. The van der Waals surface area contributed by atoms with Crippen LogP contribution in [0.1, 0.15) is 101 Å². The van der Waals surface area contributed by atoms with Gasteiger partial charge in [-0.15, -0.1) is 0 Å². The van der Waals surface area contributed by atoms with Gasteiger partial charge in [0.1, 0.15) is 0 Å². The van der Waals surface area contributed by atoms with Crippen molar-refractivity contribution in [3.05, 3.63) is 63.1 Å². The Balaban J connectivity index is 0.000000260. The minimum absolute atomic E-state index is 0.513. The molecule has 0 unspecified atom stereocenters. The molecule has 0 bridgehead atoms. The number of nitrogens with two attached hydrogens (primary N) is 1. The first-order chi connectivity index (χ1) is 12.1. The van der Waals surface area contributed by atoms with Gasteiger partial charge in [0, 0.05) is 10.2 Å². The first-order valence-electron chi connectivity index (χ1n) is 9.74.